The van der Waals surface area contributed by atoms with Crippen LogP contribution in [-0.2, 0) is 16.0 Å². The summed E-state index contributed by atoms with van der Waals surface area (Å²) in [5.41, 5.74) is 6.59. The van der Waals surface area contributed by atoms with Crippen LogP contribution >= 0.6 is 0 Å². The molecular formula is C13H20N2O3. The second-order valence-corrected chi connectivity index (χ2v) is 3.84. The number of pyridine rings is 1. The minimum Gasteiger partial charge on any atom is -0.460 e. The van der Waals surface area contributed by atoms with Crippen LogP contribution in [0, 0.1) is 0 Å². The zero-order valence-electron chi connectivity index (χ0n) is 10.7. The fourth-order valence-corrected chi connectivity index (χ4v) is 1.34. The van der Waals surface area contributed by atoms with Crippen LogP contribution in [0.2, 0.25) is 0 Å². The smallest absolute Gasteiger partial charge is 0.338 e. The number of ether oxygens (including phenoxy) is 2. The van der Waals surface area contributed by atoms with Gasteiger partial charge in [-0.1, -0.05) is 13.3 Å². The quantitative estimate of drug-likeness (QED) is 0.560. The van der Waals surface area contributed by atoms with Gasteiger partial charge in [0.1, 0.15) is 6.61 Å². The van der Waals surface area contributed by atoms with Crippen LogP contribution in [0.15, 0.2) is 18.3 Å². The maximum Gasteiger partial charge on any atom is 0.338 e. The lowest BCUT2D eigenvalue weighted by molar-refractivity contribution is 0.0313. The molecule has 0 unspecified atom stereocenters. The average Bonchev–Trinajstić information content (AvgIpc) is 2.42. The lowest BCUT2D eigenvalue weighted by Gasteiger charge is -2.06. The van der Waals surface area contributed by atoms with Gasteiger partial charge >= 0.3 is 5.97 Å². The summed E-state index contributed by atoms with van der Waals surface area (Å²) in [6.45, 7) is 3.81. The average molecular weight is 252 g/mol. The SMILES string of the molecule is CCCCOCCOC(=O)c1ccnc(CN)c1. The third-order valence-corrected chi connectivity index (χ3v) is 2.36. The van der Waals surface area contributed by atoms with Crippen molar-refractivity contribution in [2.75, 3.05) is 19.8 Å². The molecule has 0 aliphatic carbocycles. The molecule has 2 N–H and O–H groups in total. The Bertz CT molecular complexity index is 369. The molecule has 0 saturated heterocycles. The number of rotatable bonds is 8. The molecule has 0 atom stereocenters. The lowest BCUT2D eigenvalue weighted by atomic mass is 10.2. The van der Waals surface area contributed by atoms with Crippen molar-refractivity contribution in [3.63, 3.8) is 0 Å². The Morgan fingerprint density at radius 2 is 2.22 bits per heavy atom. The Balaban J connectivity index is 2.27. The van der Waals surface area contributed by atoms with Crippen LogP contribution in [0.1, 0.15) is 35.8 Å². The molecule has 0 aromatic carbocycles. The summed E-state index contributed by atoms with van der Waals surface area (Å²) in [5.74, 6) is -0.369. The zero-order chi connectivity index (χ0) is 13.2. The van der Waals surface area contributed by atoms with Crippen molar-refractivity contribution in [3.05, 3.63) is 29.6 Å². The molecule has 0 saturated carbocycles. The van der Waals surface area contributed by atoms with E-state index in [-0.39, 0.29) is 12.6 Å². The van der Waals surface area contributed by atoms with Crippen molar-refractivity contribution >= 4 is 5.97 Å². The normalized spacial score (nSPS) is 10.3. The highest BCUT2D eigenvalue weighted by Gasteiger charge is 2.07. The summed E-state index contributed by atoms with van der Waals surface area (Å²) in [6.07, 6.45) is 3.67. The molecule has 1 aromatic heterocycles. The van der Waals surface area contributed by atoms with E-state index in [4.69, 9.17) is 15.2 Å². The molecular weight excluding hydrogens is 232 g/mol. The van der Waals surface area contributed by atoms with E-state index < -0.39 is 0 Å². The lowest BCUT2D eigenvalue weighted by Crippen LogP contribution is -2.12. The molecule has 1 heterocycles. The van der Waals surface area contributed by atoms with Gasteiger partial charge in [-0.2, -0.15) is 0 Å². The van der Waals surface area contributed by atoms with Gasteiger partial charge in [-0.05, 0) is 18.6 Å². The molecule has 5 heteroatoms. The molecule has 0 spiro atoms. The number of carbonyl (C=O) groups is 1. The van der Waals surface area contributed by atoms with Gasteiger partial charge in [0, 0.05) is 19.3 Å². The minimum absolute atomic E-state index is 0.267. The largest absolute Gasteiger partial charge is 0.460 e. The highest BCUT2D eigenvalue weighted by molar-refractivity contribution is 5.89. The third kappa shape index (κ3) is 5.25. The molecule has 0 fully saturated rings. The van der Waals surface area contributed by atoms with E-state index in [1.54, 1.807) is 18.3 Å². The van der Waals surface area contributed by atoms with Crippen LogP contribution in [-0.4, -0.2) is 30.8 Å². The van der Waals surface area contributed by atoms with Crippen LogP contribution in [0.5, 0.6) is 0 Å². The fourth-order valence-electron chi connectivity index (χ4n) is 1.34. The predicted octanol–water partition coefficient (Wildman–Crippen LogP) is 1.51. The van der Waals surface area contributed by atoms with Crippen LogP contribution in [0.4, 0.5) is 0 Å². The zero-order valence-corrected chi connectivity index (χ0v) is 10.7. The molecule has 100 valence electrons. The molecule has 0 amide bonds. The molecule has 0 aliphatic rings. The summed E-state index contributed by atoms with van der Waals surface area (Å²) in [4.78, 5) is 15.7. The van der Waals surface area contributed by atoms with Crippen molar-refractivity contribution in [2.45, 2.75) is 26.3 Å². The molecule has 0 bridgehead atoms. The van der Waals surface area contributed by atoms with Crippen molar-refractivity contribution in [1.82, 2.24) is 4.98 Å². The molecule has 0 aliphatic heterocycles. The number of carbonyl (C=O) groups excluding carboxylic acids is 1. The van der Waals surface area contributed by atoms with Gasteiger partial charge in [0.15, 0.2) is 0 Å². The van der Waals surface area contributed by atoms with Crippen molar-refractivity contribution < 1.29 is 14.3 Å². The topological polar surface area (TPSA) is 74.4 Å². The number of nitrogens with two attached hydrogens (primary N) is 1. The summed E-state index contributed by atoms with van der Waals surface area (Å²) >= 11 is 0. The van der Waals surface area contributed by atoms with Gasteiger partial charge in [-0.3, -0.25) is 4.98 Å². The maximum atomic E-state index is 11.7. The second-order valence-electron chi connectivity index (χ2n) is 3.84. The van der Waals surface area contributed by atoms with Crippen molar-refractivity contribution in [3.8, 4) is 0 Å². The number of esters is 1. The molecule has 1 rings (SSSR count). The van der Waals surface area contributed by atoms with Gasteiger partial charge in [0.05, 0.1) is 17.9 Å². The molecule has 18 heavy (non-hydrogen) atoms. The van der Waals surface area contributed by atoms with Crippen molar-refractivity contribution in [2.24, 2.45) is 5.73 Å². The maximum absolute atomic E-state index is 11.7. The minimum atomic E-state index is -0.369. The monoisotopic (exact) mass is 252 g/mol. The van der Waals surface area contributed by atoms with Crippen LogP contribution in [0.25, 0.3) is 0 Å². The first-order valence-electron chi connectivity index (χ1n) is 6.17. The fraction of sp³-hybridized carbons (Fsp3) is 0.538. The highest BCUT2D eigenvalue weighted by Crippen LogP contribution is 2.03. The number of hydrogen-bond acceptors (Lipinski definition) is 5. The van der Waals surface area contributed by atoms with Gasteiger partial charge < -0.3 is 15.2 Å². The Morgan fingerprint density at radius 3 is 2.94 bits per heavy atom. The van der Waals surface area contributed by atoms with Gasteiger partial charge in [0.25, 0.3) is 0 Å². The van der Waals surface area contributed by atoms with E-state index in [0.717, 1.165) is 12.8 Å². The van der Waals surface area contributed by atoms with E-state index in [9.17, 15) is 4.79 Å². The van der Waals surface area contributed by atoms with E-state index in [2.05, 4.69) is 11.9 Å². The predicted molar refractivity (Wildman–Crippen MR) is 68.1 cm³/mol. The van der Waals surface area contributed by atoms with Gasteiger partial charge in [0.2, 0.25) is 0 Å². The second kappa shape index (κ2) is 8.60. The summed E-state index contributed by atoms with van der Waals surface area (Å²) in [7, 11) is 0. The third-order valence-electron chi connectivity index (χ3n) is 2.36. The highest BCUT2D eigenvalue weighted by atomic mass is 16.6. The van der Waals surface area contributed by atoms with Gasteiger partial charge in [-0.25, -0.2) is 4.79 Å². The van der Waals surface area contributed by atoms with E-state index in [1.807, 2.05) is 0 Å². The molecule has 5 nitrogen and oxygen atoms in total. The number of nitrogens with zero attached hydrogens (tertiary/aromatic N) is 1. The van der Waals surface area contributed by atoms with Crippen molar-refractivity contribution in [1.29, 1.82) is 0 Å². The Morgan fingerprint density at radius 1 is 1.39 bits per heavy atom. The first-order valence-corrected chi connectivity index (χ1v) is 6.17. The van der Waals surface area contributed by atoms with Crippen LogP contribution < -0.4 is 5.73 Å². The Labute approximate surface area is 107 Å². The Hall–Kier alpha value is -1.46. The van der Waals surface area contributed by atoms with E-state index in [0.29, 0.717) is 31.0 Å². The standard InChI is InChI=1S/C13H20N2O3/c1-2-3-6-17-7-8-18-13(16)11-4-5-15-12(9-11)10-14/h4-5,9H,2-3,6-8,10,14H2,1H3. The first-order chi connectivity index (χ1) is 8.77. The number of aromatic nitrogens is 1. The Kier molecular flexibility index (Phi) is 6.98. The number of hydrogen-bond donors (Lipinski definition) is 1. The summed E-state index contributed by atoms with van der Waals surface area (Å²) < 4.78 is 10.4. The van der Waals surface area contributed by atoms with Crippen LogP contribution in [0.3, 0.4) is 0 Å². The first kappa shape index (κ1) is 14.6. The van der Waals surface area contributed by atoms with E-state index in [1.165, 1.54) is 0 Å². The molecule has 0 radical (unpaired) electrons. The molecule has 1 aromatic rings. The van der Waals surface area contributed by atoms with Gasteiger partial charge in [-0.15, -0.1) is 0 Å². The number of unbranched alkanes of at least 4 members (excludes halogenated alkanes) is 1. The summed E-state index contributed by atoms with van der Waals surface area (Å²) in [6, 6.07) is 3.25. The summed E-state index contributed by atoms with van der Waals surface area (Å²) in [5, 5.41) is 0. The van der Waals surface area contributed by atoms with E-state index >= 15 is 0 Å².